The van der Waals surface area contributed by atoms with E-state index in [-0.39, 0.29) is 0 Å². The first kappa shape index (κ1) is 9.93. The average Bonchev–Trinajstić information content (AvgIpc) is 2.73. The van der Waals surface area contributed by atoms with Gasteiger partial charge < -0.3 is 0 Å². The Bertz CT molecular complexity index is 323. The fourth-order valence-electron chi connectivity index (χ4n) is 4.96. The van der Waals surface area contributed by atoms with E-state index in [2.05, 4.69) is 33.8 Å². The van der Waals surface area contributed by atoms with Gasteiger partial charge in [-0.3, -0.25) is 0 Å². The minimum absolute atomic E-state index is 0.560. The molecular formula is C15H24. The van der Waals surface area contributed by atoms with Gasteiger partial charge in [0.25, 0.3) is 0 Å². The van der Waals surface area contributed by atoms with E-state index in [0.717, 1.165) is 17.8 Å². The van der Waals surface area contributed by atoms with Crippen LogP contribution in [0.1, 0.15) is 53.4 Å². The largest absolute Gasteiger partial charge is 0.0845 e. The fraction of sp³-hybridized carbons (Fsp3) is 0.867. The van der Waals surface area contributed by atoms with Crippen molar-refractivity contribution >= 4 is 0 Å². The second-order valence-corrected chi connectivity index (χ2v) is 6.95. The summed E-state index contributed by atoms with van der Waals surface area (Å²) in [4.78, 5) is 0. The molecule has 0 heteroatoms. The molecule has 0 heterocycles. The van der Waals surface area contributed by atoms with Crippen LogP contribution < -0.4 is 0 Å². The predicted octanol–water partition coefficient (Wildman–Crippen LogP) is 4.42. The molecule has 4 atom stereocenters. The summed E-state index contributed by atoms with van der Waals surface area (Å²) < 4.78 is 0. The number of allylic oxidation sites excluding steroid dienone is 2. The van der Waals surface area contributed by atoms with E-state index in [1.807, 2.05) is 5.57 Å². The Labute approximate surface area is 94.1 Å². The van der Waals surface area contributed by atoms with Crippen LogP contribution in [0.2, 0.25) is 0 Å². The molecule has 0 aromatic heterocycles. The molecule has 0 aromatic carbocycles. The Morgan fingerprint density at radius 1 is 1.27 bits per heavy atom. The molecule has 0 aromatic rings. The van der Waals surface area contributed by atoms with E-state index in [1.54, 1.807) is 0 Å². The maximum atomic E-state index is 2.60. The van der Waals surface area contributed by atoms with E-state index < -0.39 is 0 Å². The van der Waals surface area contributed by atoms with Crippen molar-refractivity contribution in [2.75, 3.05) is 0 Å². The van der Waals surface area contributed by atoms with E-state index in [4.69, 9.17) is 0 Å². The highest BCUT2D eigenvalue weighted by molar-refractivity contribution is 5.31. The maximum Gasteiger partial charge on any atom is -0.00544 e. The molecule has 0 aliphatic heterocycles. The number of rotatable bonds is 0. The van der Waals surface area contributed by atoms with Crippen molar-refractivity contribution in [1.29, 1.82) is 0 Å². The molecule has 4 unspecified atom stereocenters. The van der Waals surface area contributed by atoms with Gasteiger partial charge in [0.15, 0.2) is 0 Å². The van der Waals surface area contributed by atoms with Crippen LogP contribution in [0.25, 0.3) is 0 Å². The summed E-state index contributed by atoms with van der Waals surface area (Å²) in [6.07, 6.45) is 8.24. The number of hydrogen-bond donors (Lipinski definition) is 0. The van der Waals surface area contributed by atoms with Crippen LogP contribution >= 0.6 is 0 Å². The van der Waals surface area contributed by atoms with Crippen molar-refractivity contribution in [2.45, 2.75) is 53.4 Å². The van der Waals surface area contributed by atoms with E-state index in [0.29, 0.717) is 10.8 Å². The van der Waals surface area contributed by atoms with Gasteiger partial charge in [-0.15, -0.1) is 0 Å². The lowest BCUT2D eigenvalue weighted by Gasteiger charge is -2.45. The molecule has 3 aliphatic rings. The Hall–Kier alpha value is -0.260. The molecule has 0 nitrogen and oxygen atoms in total. The number of hydrogen-bond acceptors (Lipinski definition) is 0. The molecular weight excluding hydrogens is 180 g/mol. The van der Waals surface area contributed by atoms with E-state index in [9.17, 15) is 0 Å². The minimum Gasteiger partial charge on any atom is -0.0845 e. The molecule has 15 heavy (non-hydrogen) atoms. The van der Waals surface area contributed by atoms with Gasteiger partial charge in [0.1, 0.15) is 0 Å². The van der Waals surface area contributed by atoms with Gasteiger partial charge in [-0.1, -0.05) is 39.3 Å². The summed E-state index contributed by atoms with van der Waals surface area (Å²) in [6, 6.07) is 0. The SMILES string of the molecule is CC1CCCC2=CCC3C(C3(C)C)C21C. The predicted molar refractivity (Wildman–Crippen MR) is 64.6 cm³/mol. The van der Waals surface area contributed by atoms with Crippen molar-refractivity contribution < 1.29 is 0 Å². The quantitative estimate of drug-likeness (QED) is 0.513. The summed E-state index contributed by atoms with van der Waals surface area (Å²) in [7, 11) is 0. The molecule has 84 valence electrons. The molecule has 0 N–H and O–H groups in total. The Morgan fingerprint density at radius 2 is 2.00 bits per heavy atom. The zero-order valence-electron chi connectivity index (χ0n) is 10.6. The highest BCUT2D eigenvalue weighted by Gasteiger charge is 2.67. The van der Waals surface area contributed by atoms with E-state index in [1.165, 1.54) is 25.7 Å². The van der Waals surface area contributed by atoms with Crippen molar-refractivity contribution in [3.8, 4) is 0 Å². The Morgan fingerprint density at radius 3 is 2.73 bits per heavy atom. The Kier molecular flexibility index (Phi) is 1.79. The molecule has 0 radical (unpaired) electrons. The summed E-state index contributed by atoms with van der Waals surface area (Å²) in [5.41, 5.74) is 3.00. The van der Waals surface area contributed by atoms with Gasteiger partial charge in [0, 0.05) is 0 Å². The minimum atomic E-state index is 0.560. The maximum absolute atomic E-state index is 2.60. The van der Waals surface area contributed by atoms with Crippen molar-refractivity contribution in [3.05, 3.63) is 11.6 Å². The van der Waals surface area contributed by atoms with Gasteiger partial charge in [-0.2, -0.15) is 0 Å². The van der Waals surface area contributed by atoms with Crippen molar-refractivity contribution in [3.63, 3.8) is 0 Å². The summed E-state index contributed by atoms with van der Waals surface area (Å²) in [5, 5.41) is 0. The molecule has 3 rings (SSSR count). The lowest BCUT2D eigenvalue weighted by molar-refractivity contribution is 0.139. The summed E-state index contributed by atoms with van der Waals surface area (Å²) >= 11 is 0. The topological polar surface area (TPSA) is 0 Å². The third kappa shape index (κ3) is 1.04. The van der Waals surface area contributed by atoms with E-state index >= 15 is 0 Å². The molecule has 0 saturated heterocycles. The van der Waals surface area contributed by atoms with Crippen LogP contribution in [0.3, 0.4) is 0 Å². The molecule has 2 saturated carbocycles. The van der Waals surface area contributed by atoms with Crippen LogP contribution in [0.5, 0.6) is 0 Å². The fourth-order valence-corrected chi connectivity index (χ4v) is 4.96. The van der Waals surface area contributed by atoms with Crippen LogP contribution in [0.4, 0.5) is 0 Å². The van der Waals surface area contributed by atoms with Crippen molar-refractivity contribution in [2.24, 2.45) is 28.6 Å². The lowest BCUT2D eigenvalue weighted by atomic mass is 9.59. The molecule has 2 fully saturated rings. The first-order valence-electron chi connectivity index (χ1n) is 6.68. The van der Waals surface area contributed by atoms with Gasteiger partial charge in [-0.05, 0) is 54.3 Å². The monoisotopic (exact) mass is 204 g/mol. The zero-order valence-corrected chi connectivity index (χ0v) is 10.6. The third-order valence-corrected chi connectivity index (χ3v) is 6.11. The van der Waals surface area contributed by atoms with Crippen LogP contribution in [0, 0.1) is 28.6 Å². The first-order valence-corrected chi connectivity index (χ1v) is 6.68. The second-order valence-electron chi connectivity index (χ2n) is 6.95. The van der Waals surface area contributed by atoms with Gasteiger partial charge >= 0.3 is 0 Å². The lowest BCUT2D eigenvalue weighted by Crippen LogP contribution is -2.36. The van der Waals surface area contributed by atoms with Crippen LogP contribution in [-0.2, 0) is 0 Å². The normalized spacial score (nSPS) is 51.5. The Balaban J connectivity index is 2.02. The van der Waals surface area contributed by atoms with Crippen molar-refractivity contribution in [1.82, 2.24) is 0 Å². The first-order chi connectivity index (χ1) is 6.99. The average molecular weight is 204 g/mol. The van der Waals surface area contributed by atoms with Gasteiger partial charge in [0.2, 0.25) is 0 Å². The highest BCUT2D eigenvalue weighted by Crippen LogP contribution is 2.74. The molecule has 0 amide bonds. The standard InChI is InChI=1S/C15H24/c1-10-6-5-7-11-8-9-12-13(14(12,2)3)15(10,11)4/h8,10,12-13H,5-7,9H2,1-4H3. The third-order valence-electron chi connectivity index (χ3n) is 6.11. The molecule has 0 spiro atoms. The highest BCUT2D eigenvalue weighted by atomic mass is 14.7. The molecule has 0 bridgehead atoms. The second kappa shape index (κ2) is 2.70. The summed E-state index contributed by atoms with van der Waals surface area (Å²) in [5.74, 6) is 2.89. The van der Waals surface area contributed by atoms with Gasteiger partial charge in [-0.25, -0.2) is 0 Å². The smallest absolute Gasteiger partial charge is 0.00544 e. The zero-order chi connectivity index (χ0) is 10.8. The van der Waals surface area contributed by atoms with Crippen LogP contribution in [0.15, 0.2) is 11.6 Å². The van der Waals surface area contributed by atoms with Gasteiger partial charge in [0.05, 0.1) is 0 Å². The number of fused-ring (bicyclic) bond motifs is 3. The summed E-state index contributed by atoms with van der Waals surface area (Å²) in [6.45, 7) is 10.0. The van der Waals surface area contributed by atoms with Crippen LogP contribution in [-0.4, -0.2) is 0 Å². The molecule has 3 aliphatic carbocycles.